The number of carbonyl (C=O) groups excluding carboxylic acids is 1. The molecule has 0 saturated carbocycles. The van der Waals surface area contributed by atoms with Crippen molar-refractivity contribution in [1.82, 2.24) is 4.72 Å². The van der Waals surface area contributed by atoms with E-state index in [9.17, 15) is 34.8 Å². The lowest BCUT2D eigenvalue weighted by Crippen LogP contribution is -2.30. The van der Waals surface area contributed by atoms with Gasteiger partial charge in [0.05, 0.1) is 15.4 Å². The molecule has 0 atom stereocenters. The molecule has 164 valence electrons. The van der Waals surface area contributed by atoms with Crippen LogP contribution in [0, 0.1) is 6.92 Å². The van der Waals surface area contributed by atoms with Crippen molar-refractivity contribution in [2.75, 3.05) is 0 Å². The first-order valence-corrected chi connectivity index (χ1v) is 12.3. The first kappa shape index (κ1) is 23.0. The van der Waals surface area contributed by atoms with Gasteiger partial charge in [-0.3, -0.25) is 4.79 Å². The van der Waals surface area contributed by atoms with E-state index in [0.29, 0.717) is 23.5 Å². The highest BCUT2D eigenvalue weighted by atomic mass is 32.2. The summed E-state index contributed by atoms with van der Waals surface area (Å²) in [4.78, 5) is 11.9. The number of carbonyl (C=O) groups is 1. The molecule has 0 fully saturated rings. The summed E-state index contributed by atoms with van der Waals surface area (Å²) in [6.07, 6.45) is -4.60. The normalized spacial score (nSPS) is 12.5. The lowest BCUT2D eigenvalue weighted by molar-refractivity contribution is -0.137. The van der Waals surface area contributed by atoms with Crippen LogP contribution in [0.25, 0.3) is 0 Å². The second-order valence-electron chi connectivity index (χ2n) is 6.43. The summed E-state index contributed by atoms with van der Waals surface area (Å²) in [5, 5.41) is 1.13. The number of benzene rings is 2. The van der Waals surface area contributed by atoms with E-state index < -0.39 is 41.7 Å². The SMILES string of the molecule is Cc1ccc(S(=O)(=O)c2csc(S(=O)(=O)NC(=O)c3ccc(C(F)(F)F)cc3)c2)cc1. The minimum atomic E-state index is -4.60. The summed E-state index contributed by atoms with van der Waals surface area (Å²) in [7, 11) is -8.41. The predicted octanol–water partition coefficient (Wildman–Crippen LogP) is 4.03. The van der Waals surface area contributed by atoms with Crippen LogP contribution in [-0.4, -0.2) is 22.7 Å². The lowest BCUT2D eigenvalue weighted by atomic mass is 10.1. The van der Waals surface area contributed by atoms with Crippen molar-refractivity contribution >= 4 is 37.1 Å². The van der Waals surface area contributed by atoms with Crippen molar-refractivity contribution < 1.29 is 34.8 Å². The van der Waals surface area contributed by atoms with Gasteiger partial charge in [0.15, 0.2) is 0 Å². The van der Waals surface area contributed by atoms with Crippen LogP contribution in [0.3, 0.4) is 0 Å². The fourth-order valence-corrected chi connectivity index (χ4v) is 6.33. The minimum Gasteiger partial charge on any atom is -0.268 e. The molecule has 0 spiro atoms. The highest BCUT2D eigenvalue weighted by molar-refractivity contribution is 7.93. The Bertz CT molecular complexity index is 1330. The molecule has 3 aromatic rings. The maximum atomic E-state index is 12.7. The molecule has 0 bridgehead atoms. The number of hydrogen-bond acceptors (Lipinski definition) is 6. The van der Waals surface area contributed by atoms with E-state index in [2.05, 4.69) is 0 Å². The average Bonchev–Trinajstić information content (AvgIpc) is 3.19. The van der Waals surface area contributed by atoms with Crippen LogP contribution in [0.4, 0.5) is 13.2 Å². The Balaban J connectivity index is 1.82. The standard InChI is InChI=1S/C19H14F3NO5S3/c1-12-2-8-15(9-3-12)30(25,26)16-10-17(29-11-16)31(27,28)23-18(24)13-4-6-14(7-5-13)19(20,21)22/h2-11H,1H3,(H,23,24). The molecule has 2 aromatic carbocycles. The molecule has 12 heteroatoms. The van der Waals surface area contributed by atoms with Crippen LogP contribution in [0.15, 0.2) is 74.0 Å². The van der Waals surface area contributed by atoms with Gasteiger partial charge in [-0.1, -0.05) is 17.7 Å². The van der Waals surface area contributed by atoms with Gasteiger partial charge in [-0.05, 0) is 49.4 Å². The monoisotopic (exact) mass is 489 g/mol. The Labute approximate surface area is 180 Å². The third-order valence-electron chi connectivity index (χ3n) is 4.16. The molecule has 0 aliphatic heterocycles. The average molecular weight is 490 g/mol. The summed E-state index contributed by atoms with van der Waals surface area (Å²) in [5.74, 6) is -1.15. The van der Waals surface area contributed by atoms with Crippen molar-refractivity contribution in [2.24, 2.45) is 0 Å². The number of rotatable bonds is 5. The second kappa shape index (κ2) is 8.09. The van der Waals surface area contributed by atoms with Crippen LogP contribution in [0.5, 0.6) is 0 Å². The van der Waals surface area contributed by atoms with Crippen molar-refractivity contribution in [1.29, 1.82) is 0 Å². The number of nitrogens with one attached hydrogen (secondary N) is 1. The van der Waals surface area contributed by atoms with Crippen LogP contribution < -0.4 is 4.72 Å². The highest BCUT2D eigenvalue weighted by Gasteiger charge is 2.31. The van der Waals surface area contributed by atoms with Gasteiger partial charge in [0.25, 0.3) is 15.9 Å². The van der Waals surface area contributed by atoms with E-state index in [4.69, 9.17) is 0 Å². The number of alkyl halides is 3. The Kier molecular flexibility index (Phi) is 6.00. The fraction of sp³-hybridized carbons (Fsp3) is 0.105. The lowest BCUT2D eigenvalue weighted by Gasteiger charge is -2.08. The molecule has 1 aromatic heterocycles. The predicted molar refractivity (Wildman–Crippen MR) is 107 cm³/mol. The Morgan fingerprint density at radius 1 is 0.903 bits per heavy atom. The van der Waals surface area contributed by atoms with E-state index in [1.807, 2.05) is 0 Å². The summed E-state index contributed by atoms with van der Waals surface area (Å²) in [5.41, 5.74) is -0.449. The number of halogens is 3. The molecular weight excluding hydrogens is 475 g/mol. The Morgan fingerprint density at radius 2 is 1.48 bits per heavy atom. The zero-order chi connectivity index (χ0) is 23.0. The van der Waals surface area contributed by atoms with Gasteiger partial charge in [-0.2, -0.15) is 13.2 Å². The fourth-order valence-electron chi connectivity index (χ4n) is 2.48. The second-order valence-corrected chi connectivity index (χ2v) is 11.2. The molecule has 31 heavy (non-hydrogen) atoms. The van der Waals surface area contributed by atoms with Gasteiger partial charge in [0, 0.05) is 10.9 Å². The number of hydrogen-bond donors (Lipinski definition) is 1. The Morgan fingerprint density at radius 3 is 2.03 bits per heavy atom. The number of aryl methyl sites for hydroxylation is 1. The van der Waals surface area contributed by atoms with E-state index in [0.717, 1.165) is 29.1 Å². The smallest absolute Gasteiger partial charge is 0.268 e. The molecule has 1 amide bonds. The number of sulfonamides is 1. The minimum absolute atomic E-state index is 0.0198. The zero-order valence-electron chi connectivity index (χ0n) is 15.7. The van der Waals surface area contributed by atoms with Gasteiger partial charge < -0.3 is 0 Å². The van der Waals surface area contributed by atoms with Crippen molar-refractivity contribution in [3.8, 4) is 0 Å². The summed E-state index contributed by atoms with van der Waals surface area (Å²) in [6.45, 7) is 1.78. The van der Waals surface area contributed by atoms with Gasteiger partial charge >= 0.3 is 6.18 Å². The first-order chi connectivity index (χ1) is 14.3. The molecule has 1 heterocycles. The molecule has 6 nitrogen and oxygen atoms in total. The molecule has 3 rings (SSSR count). The molecular formula is C19H14F3NO5S3. The van der Waals surface area contributed by atoms with Gasteiger partial charge in [0.1, 0.15) is 4.21 Å². The van der Waals surface area contributed by atoms with E-state index in [1.54, 1.807) is 23.8 Å². The molecule has 0 unspecified atom stereocenters. The van der Waals surface area contributed by atoms with Crippen LogP contribution in [-0.2, 0) is 26.0 Å². The van der Waals surface area contributed by atoms with Crippen molar-refractivity contribution in [3.63, 3.8) is 0 Å². The first-order valence-electron chi connectivity index (χ1n) is 8.45. The molecule has 0 aliphatic rings. The van der Waals surface area contributed by atoms with Crippen molar-refractivity contribution in [3.05, 3.63) is 76.7 Å². The molecule has 0 aliphatic carbocycles. The van der Waals surface area contributed by atoms with Crippen LogP contribution in [0.2, 0.25) is 0 Å². The molecule has 0 saturated heterocycles. The zero-order valence-corrected chi connectivity index (χ0v) is 18.1. The maximum absolute atomic E-state index is 12.7. The van der Waals surface area contributed by atoms with Gasteiger partial charge in [-0.25, -0.2) is 21.6 Å². The number of amides is 1. The van der Waals surface area contributed by atoms with Crippen LogP contribution >= 0.6 is 11.3 Å². The summed E-state index contributed by atoms with van der Waals surface area (Å²) >= 11 is 0.594. The maximum Gasteiger partial charge on any atom is 0.416 e. The number of sulfone groups is 1. The summed E-state index contributed by atoms with van der Waals surface area (Å²) < 4.78 is 89.4. The third kappa shape index (κ3) is 4.97. The van der Waals surface area contributed by atoms with E-state index >= 15 is 0 Å². The van der Waals surface area contributed by atoms with E-state index in [1.165, 1.54) is 12.1 Å². The summed E-state index contributed by atoms with van der Waals surface area (Å²) in [6, 6.07) is 9.89. The van der Waals surface area contributed by atoms with E-state index in [-0.39, 0.29) is 15.4 Å². The Hall–Kier alpha value is -2.70. The van der Waals surface area contributed by atoms with Gasteiger partial charge in [-0.15, -0.1) is 11.3 Å². The topological polar surface area (TPSA) is 97.4 Å². The molecule has 1 N–H and O–H groups in total. The van der Waals surface area contributed by atoms with Gasteiger partial charge in [0.2, 0.25) is 9.84 Å². The number of thiophene rings is 1. The molecule has 0 radical (unpaired) electrons. The quantitative estimate of drug-likeness (QED) is 0.584. The largest absolute Gasteiger partial charge is 0.416 e. The van der Waals surface area contributed by atoms with Crippen LogP contribution in [0.1, 0.15) is 21.5 Å². The van der Waals surface area contributed by atoms with Crippen molar-refractivity contribution in [2.45, 2.75) is 27.1 Å². The third-order valence-corrected chi connectivity index (χ3v) is 8.83. The highest BCUT2D eigenvalue weighted by Crippen LogP contribution is 2.30.